The highest BCUT2D eigenvalue weighted by Gasteiger charge is 1.96. The van der Waals surface area contributed by atoms with Gasteiger partial charge in [0, 0.05) is 24.2 Å². The second-order valence-corrected chi connectivity index (χ2v) is 5.21. The van der Waals surface area contributed by atoms with Gasteiger partial charge in [-0.05, 0) is 41.6 Å². The normalized spacial score (nSPS) is 10.4. The summed E-state index contributed by atoms with van der Waals surface area (Å²) >= 11 is 1.76. The summed E-state index contributed by atoms with van der Waals surface area (Å²) in [5.41, 5.74) is 3.63. The first-order valence-electron chi connectivity index (χ1n) is 6.26. The lowest BCUT2D eigenvalue weighted by Crippen LogP contribution is -1.99. The van der Waals surface area contributed by atoms with E-state index in [-0.39, 0.29) is 0 Å². The Balaban J connectivity index is 1.90. The Morgan fingerprint density at radius 3 is 2.16 bits per heavy atom. The van der Waals surface area contributed by atoms with Gasteiger partial charge in [-0.3, -0.25) is 0 Å². The Morgan fingerprint density at radius 2 is 1.58 bits per heavy atom. The second-order valence-electron chi connectivity index (χ2n) is 4.33. The number of methoxy groups -OCH3 is 1. The molecule has 0 saturated carbocycles. The van der Waals surface area contributed by atoms with E-state index in [2.05, 4.69) is 60.1 Å². The maximum absolute atomic E-state index is 5.10. The molecule has 2 rings (SSSR count). The molecule has 0 fully saturated rings. The van der Waals surface area contributed by atoms with Gasteiger partial charge in [-0.2, -0.15) is 0 Å². The highest BCUT2D eigenvalue weighted by atomic mass is 32.2. The summed E-state index contributed by atoms with van der Waals surface area (Å²) in [6, 6.07) is 17.0. The minimum absolute atomic E-state index is 0.670. The molecule has 0 amide bonds. The van der Waals surface area contributed by atoms with Gasteiger partial charge in [0.1, 0.15) is 0 Å². The molecule has 0 aliphatic rings. The Labute approximate surface area is 119 Å². The zero-order chi connectivity index (χ0) is 13.5. The number of ether oxygens (including phenoxy) is 1. The van der Waals surface area contributed by atoms with Crippen molar-refractivity contribution in [1.82, 2.24) is 0 Å². The predicted octanol–water partition coefficient (Wildman–Crippen LogP) is 4.17. The van der Waals surface area contributed by atoms with Crippen LogP contribution in [0.15, 0.2) is 53.4 Å². The largest absolute Gasteiger partial charge is 0.381 e. The molecule has 0 saturated heterocycles. The lowest BCUT2D eigenvalue weighted by atomic mass is 10.1. The molecule has 0 aromatic heterocycles. The van der Waals surface area contributed by atoms with Gasteiger partial charge in [-0.25, -0.2) is 0 Å². The number of thioether (sulfide) groups is 1. The highest BCUT2D eigenvalue weighted by Crippen LogP contribution is 2.18. The number of anilines is 1. The van der Waals surface area contributed by atoms with Gasteiger partial charge in [0.25, 0.3) is 0 Å². The van der Waals surface area contributed by atoms with Crippen molar-refractivity contribution in [2.24, 2.45) is 0 Å². The van der Waals surface area contributed by atoms with Crippen LogP contribution in [0.3, 0.4) is 0 Å². The molecule has 0 atom stereocenters. The van der Waals surface area contributed by atoms with E-state index in [1.54, 1.807) is 18.9 Å². The standard InChI is InChI=1S/C16H19NOS/c1-18-12-14-5-3-13(4-6-14)11-17-15-7-9-16(19-2)10-8-15/h3-10,17H,11-12H2,1-2H3. The molecule has 1 N–H and O–H groups in total. The molecule has 0 heterocycles. The number of hydrogen-bond donors (Lipinski definition) is 1. The lowest BCUT2D eigenvalue weighted by molar-refractivity contribution is 0.185. The van der Waals surface area contributed by atoms with E-state index < -0.39 is 0 Å². The molecule has 0 aliphatic heterocycles. The van der Waals surface area contributed by atoms with Gasteiger partial charge in [0.05, 0.1) is 6.61 Å². The molecule has 19 heavy (non-hydrogen) atoms. The van der Waals surface area contributed by atoms with E-state index in [1.807, 2.05) is 0 Å². The second kappa shape index (κ2) is 7.22. The van der Waals surface area contributed by atoms with Crippen LogP contribution in [0.2, 0.25) is 0 Å². The fourth-order valence-electron chi connectivity index (χ4n) is 1.83. The molecule has 3 heteroatoms. The van der Waals surface area contributed by atoms with Crippen molar-refractivity contribution in [2.75, 3.05) is 18.7 Å². The van der Waals surface area contributed by atoms with Crippen molar-refractivity contribution in [2.45, 2.75) is 18.0 Å². The van der Waals surface area contributed by atoms with E-state index in [0.29, 0.717) is 6.61 Å². The van der Waals surface area contributed by atoms with Crippen molar-refractivity contribution < 1.29 is 4.74 Å². The third-order valence-corrected chi connectivity index (χ3v) is 3.66. The van der Waals surface area contributed by atoms with Gasteiger partial charge < -0.3 is 10.1 Å². The van der Waals surface area contributed by atoms with Crippen molar-refractivity contribution in [1.29, 1.82) is 0 Å². The van der Waals surface area contributed by atoms with Gasteiger partial charge in [0.2, 0.25) is 0 Å². The summed E-state index contributed by atoms with van der Waals surface area (Å²) in [4.78, 5) is 1.29. The van der Waals surface area contributed by atoms with Crippen LogP contribution < -0.4 is 5.32 Å². The molecular formula is C16H19NOS. The summed E-state index contributed by atoms with van der Waals surface area (Å²) in [5.74, 6) is 0. The van der Waals surface area contributed by atoms with Crippen LogP contribution in [0.5, 0.6) is 0 Å². The van der Waals surface area contributed by atoms with E-state index >= 15 is 0 Å². The van der Waals surface area contributed by atoms with Gasteiger partial charge in [-0.1, -0.05) is 24.3 Å². The third kappa shape index (κ3) is 4.30. The number of hydrogen-bond acceptors (Lipinski definition) is 3. The van der Waals surface area contributed by atoms with E-state index in [1.165, 1.54) is 16.0 Å². The molecule has 0 unspecified atom stereocenters. The Kier molecular flexibility index (Phi) is 5.31. The fraction of sp³-hybridized carbons (Fsp3) is 0.250. The van der Waals surface area contributed by atoms with Crippen molar-refractivity contribution >= 4 is 17.4 Å². The Bertz CT molecular complexity index is 493. The van der Waals surface area contributed by atoms with Crippen LogP contribution >= 0.6 is 11.8 Å². The van der Waals surface area contributed by atoms with Gasteiger partial charge in [0.15, 0.2) is 0 Å². The first-order chi connectivity index (χ1) is 9.31. The van der Waals surface area contributed by atoms with Crippen LogP contribution in [0.1, 0.15) is 11.1 Å². The molecule has 2 nitrogen and oxygen atoms in total. The smallest absolute Gasteiger partial charge is 0.0713 e. The quantitative estimate of drug-likeness (QED) is 0.798. The van der Waals surface area contributed by atoms with Crippen molar-refractivity contribution in [3.63, 3.8) is 0 Å². The molecule has 0 aliphatic carbocycles. The van der Waals surface area contributed by atoms with E-state index in [0.717, 1.165) is 12.2 Å². The average Bonchev–Trinajstić information content (AvgIpc) is 2.47. The maximum Gasteiger partial charge on any atom is 0.0713 e. The number of benzene rings is 2. The Hall–Kier alpha value is -1.45. The van der Waals surface area contributed by atoms with E-state index in [4.69, 9.17) is 4.74 Å². The predicted molar refractivity (Wildman–Crippen MR) is 82.7 cm³/mol. The fourth-order valence-corrected chi connectivity index (χ4v) is 2.24. The summed E-state index contributed by atoms with van der Waals surface area (Å²) in [6.45, 7) is 1.51. The van der Waals surface area contributed by atoms with Crippen molar-refractivity contribution in [3.05, 3.63) is 59.7 Å². The molecular weight excluding hydrogens is 254 g/mol. The number of nitrogens with one attached hydrogen (secondary N) is 1. The first kappa shape index (κ1) is 14.0. The average molecular weight is 273 g/mol. The van der Waals surface area contributed by atoms with Crippen molar-refractivity contribution in [3.8, 4) is 0 Å². The molecule has 0 spiro atoms. The summed E-state index contributed by atoms with van der Waals surface area (Å²) in [7, 11) is 1.72. The monoisotopic (exact) mass is 273 g/mol. The molecule has 100 valence electrons. The summed E-state index contributed by atoms with van der Waals surface area (Å²) in [5, 5.41) is 3.42. The third-order valence-electron chi connectivity index (χ3n) is 2.92. The number of rotatable bonds is 6. The van der Waals surface area contributed by atoms with Crippen LogP contribution in [0, 0.1) is 0 Å². The SMILES string of the molecule is COCc1ccc(CNc2ccc(SC)cc2)cc1. The Morgan fingerprint density at radius 1 is 0.947 bits per heavy atom. The minimum Gasteiger partial charge on any atom is -0.381 e. The zero-order valence-electron chi connectivity index (χ0n) is 11.3. The van der Waals surface area contributed by atoms with Crippen LogP contribution in [-0.4, -0.2) is 13.4 Å². The first-order valence-corrected chi connectivity index (χ1v) is 7.49. The zero-order valence-corrected chi connectivity index (χ0v) is 12.2. The lowest BCUT2D eigenvalue weighted by Gasteiger charge is -2.08. The minimum atomic E-state index is 0.670. The van der Waals surface area contributed by atoms with Crippen LogP contribution in [-0.2, 0) is 17.9 Å². The maximum atomic E-state index is 5.10. The van der Waals surface area contributed by atoms with Crippen LogP contribution in [0.4, 0.5) is 5.69 Å². The topological polar surface area (TPSA) is 21.3 Å². The van der Waals surface area contributed by atoms with Gasteiger partial charge in [-0.15, -0.1) is 11.8 Å². The molecule has 2 aromatic carbocycles. The van der Waals surface area contributed by atoms with E-state index in [9.17, 15) is 0 Å². The molecule has 0 radical (unpaired) electrons. The van der Waals surface area contributed by atoms with Crippen LogP contribution in [0.25, 0.3) is 0 Å². The molecule has 0 bridgehead atoms. The van der Waals surface area contributed by atoms with Gasteiger partial charge >= 0.3 is 0 Å². The summed E-state index contributed by atoms with van der Waals surface area (Å²) in [6.07, 6.45) is 2.09. The summed E-state index contributed by atoms with van der Waals surface area (Å²) < 4.78 is 5.10. The molecule has 2 aromatic rings. The highest BCUT2D eigenvalue weighted by molar-refractivity contribution is 7.98.